The summed E-state index contributed by atoms with van der Waals surface area (Å²) < 4.78 is 0. The number of hydrogen-bond donors (Lipinski definition) is 3. The molecule has 3 aliphatic rings. The number of carbonyl (C=O) groups excluding carboxylic acids is 2. The second-order valence-corrected chi connectivity index (χ2v) is 4.68. The predicted molar refractivity (Wildman–Crippen MR) is 52.9 cm³/mol. The van der Waals surface area contributed by atoms with Crippen molar-refractivity contribution in [2.45, 2.75) is 24.9 Å². The van der Waals surface area contributed by atoms with E-state index in [1.165, 1.54) is 0 Å². The Bertz CT molecular complexity index is 308. The molecule has 2 unspecified atom stereocenters. The maximum absolute atomic E-state index is 11.7. The Hall–Kier alpha value is -1.10. The van der Waals surface area contributed by atoms with Gasteiger partial charge >= 0.3 is 0 Å². The molecule has 5 heteroatoms. The van der Waals surface area contributed by atoms with E-state index in [1.54, 1.807) is 0 Å². The fourth-order valence-corrected chi connectivity index (χ4v) is 2.71. The van der Waals surface area contributed by atoms with E-state index in [-0.39, 0.29) is 17.9 Å². The summed E-state index contributed by atoms with van der Waals surface area (Å²) in [7, 11) is 0. The van der Waals surface area contributed by atoms with E-state index in [2.05, 4.69) is 16.0 Å². The number of hydrogen-bond acceptors (Lipinski definition) is 3. The van der Waals surface area contributed by atoms with Crippen LogP contribution in [0, 0.1) is 11.8 Å². The Balaban J connectivity index is 1.52. The van der Waals surface area contributed by atoms with Crippen LogP contribution in [0.2, 0.25) is 0 Å². The molecule has 0 aromatic carbocycles. The number of nitrogens with one attached hydrogen (secondary N) is 3. The van der Waals surface area contributed by atoms with E-state index in [9.17, 15) is 9.59 Å². The van der Waals surface area contributed by atoms with Gasteiger partial charge in [0, 0.05) is 25.6 Å². The number of piperidine rings is 1. The van der Waals surface area contributed by atoms with Gasteiger partial charge < -0.3 is 16.0 Å². The van der Waals surface area contributed by atoms with Gasteiger partial charge in [0.15, 0.2) is 0 Å². The standard InChI is InChI=1S/C10H15N3O2/c14-8-2-1-7(12-8)10(15)13-9-5-3-11-4-6(5)9/h5-7,9,11H,1-4H2,(H,12,14)(H,13,15)/t5?,6?,7-,9?/m0/s1. The molecule has 3 atom stereocenters. The summed E-state index contributed by atoms with van der Waals surface area (Å²) in [6.07, 6.45) is 1.13. The number of amides is 2. The van der Waals surface area contributed by atoms with Gasteiger partial charge in [-0.3, -0.25) is 9.59 Å². The summed E-state index contributed by atoms with van der Waals surface area (Å²) in [5.74, 6) is 1.25. The van der Waals surface area contributed by atoms with Gasteiger partial charge in [0.25, 0.3) is 0 Å². The van der Waals surface area contributed by atoms with Gasteiger partial charge in [-0.1, -0.05) is 0 Å². The van der Waals surface area contributed by atoms with Gasteiger partial charge in [-0.05, 0) is 18.3 Å². The summed E-state index contributed by atoms with van der Waals surface area (Å²) in [6, 6.07) is 0.0723. The van der Waals surface area contributed by atoms with E-state index in [4.69, 9.17) is 0 Å². The Morgan fingerprint density at radius 2 is 2.07 bits per heavy atom. The quantitative estimate of drug-likeness (QED) is 0.524. The van der Waals surface area contributed by atoms with E-state index in [1.807, 2.05) is 0 Å². The maximum Gasteiger partial charge on any atom is 0.242 e. The lowest BCUT2D eigenvalue weighted by molar-refractivity contribution is -0.126. The van der Waals surface area contributed by atoms with Crippen molar-refractivity contribution >= 4 is 11.8 Å². The molecule has 0 aromatic rings. The van der Waals surface area contributed by atoms with Crippen LogP contribution < -0.4 is 16.0 Å². The molecule has 82 valence electrons. The van der Waals surface area contributed by atoms with Crippen molar-refractivity contribution in [2.24, 2.45) is 11.8 Å². The summed E-state index contributed by atoms with van der Waals surface area (Å²) >= 11 is 0. The highest BCUT2D eigenvalue weighted by atomic mass is 16.2. The molecule has 1 aliphatic carbocycles. The van der Waals surface area contributed by atoms with E-state index >= 15 is 0 Å². The Morgan fingerprint density at radius 3 is 2.67 bits per heavy atom. The zero-order valence-corrected chi connectivity index (χ0v) is 8.45. The van der Waals surface area contributed by atoms with Crippen LogP contribution in [0.4, 0.5) is 0 Å². The van der Waals surface area contributed by atoms with E-state index in [0.29, 0.717) is 30.7 Å². The monoisotopic (exact) mass is 209 g/mol. The highest BCUT2D eigenvalue weighted by Crippen LogP contribution is 2.41. The van der Waals surface area contributed by atoms with Crippen molar-refractivity contribution < 1.29 is 9.59 Å². The second-order valence-electron chi connectivity index (χ2n) is 4.68. The van der Waals surface area contributed by atoms with Crippen molar-refractivity contribution in [3.63, 3.8) is 0 Å². The molecule has 3 fully saturated rings. The van der Waals surface area contributed by atoms with Crippen LogP contribution in [-0.4, -0.2) is 37.0 Å². The molecule has 0 aromatic heterocycles. The molecule has 0 bridgehead atoms. The maximum atomic E-state index is 11.7. The van der Waals surface area contributed by atoms with Gasteiger partial charge in [0.05, 0.1) is 0 Å². The zero-order valence-electron chi connectivity index (χ0n) is 8.45. The Kier molecular flexibility index (Phi) is 1.95. The lowest BCUT2D eigenvalue weighted by atomic mass is 10.2. The van der Waals surface area contributed by atoms with Crippen LogP contribution >= 0.6 is 0 Å². The van der Waals surface area contributed by atoms with Gasteiger partial charge in [0.2, 0.25) is 11.8 Å². The minimum absolute atomic E-state index is 0.000231. The lowest BCUT2D eigenvalue weighted by Gasteiger charge is -2.12. The van der Waals surface area contributed by atoms with Crippen molar-refractivity contribution in [1.29, 1.82) is 0 Å². The first kappa shape index (κ1) is 9.15. The first-order chi connectivity index (χ1) is 7.25. The Morgan fingerprint density at radius 1 is 1.33 bits per heavy atom. The zero-order chi connectivity index (χ0) is 10.4. The van der Waals surface area contributed by atoms with Crippen LogP contribution in [0.15, 0.2) is 0 Å². The third-order valence-electron chi connectivity index (χ3n) is 3.71. The SMILES string of the molecule is O=C1CC[C@@H](C(=O)NC2C3CNCC32)N1. The first-order valence-electron chi connectivity index (χ1n) is 5.56. The molecule has 5 nitrogen and oxygen atoms in total. The van der Waals surface area contributed by atoms with Crippen LogP contribution in [0.25, 0.3) is 0 Å². The predicted octanol–water partition coefficient (Wildman–Crippen LogP) is -1.40. The van der Waals surface area contributed by atoms with Crippen LogP contribution in [0.1, 0.15) is 12.8 Å². The Labute approximate surface area is 88.0 Å². The van der Waals surface area contributed by atoms with Crippen molar-refractivity contribution in [3.05, 3.63) is 0 Å². The van der Waals surface area contributed by atoms with Gasteiger partial charge in [-0.2, -0.15) is 0 Å². The van der Waals surface area contributed by atoms with Crippen molar-refractivity contribution in [2.75, 3.05) is 13.1 Å². The number of carbonyl (C=O) groups is 2. The molecular formula is C10H15N3O2. The third kappa shape index (κ3) is 1.51. The van der Waals surface area contributed by atoms with Crippen LogP contribution in [0.5, 0.6) is 0 Å². The smallest absolute Gasteiger partial charge is 0.242 e. The summed E-state index contributed by atoms with van der Waals surface area (Å²) in [5, 5.41) is 8.99. The van der Waals surface area contributed by atoms with E-state index < -0.39 is 0 Å². The topological polar surface area (TPSA) is 70.2 Å². The molecule has 2 aliphatic heterocycles. The molecular weight excluding hydrogens is 194 g/mol. The fraction of sp³-hybridized carbons (Fsp3) is 0.800. The highest BCUT2D eigenvalue weighted by Gasteiger charge is 2.54. The van der Waals surface area contributed by atoms with Crippen molar-refractivity contribution in [3.8, 4) is 0 Å². The second kappa shape index (κ2) is 3.20. The molecule has 2 saturated heterocycles. The number of fused-ring (bicyclic) bond motifs is 1. The molecule has 1 saturated carbocycles. The molecule has 15 heavy (non-hydrogen) atoms. The lowest BCUT2D eigenvalue weighted by Crippen LogP contribution is -2.44. The summed E-state index contributed by atoms with van der Waals surface area (Å²) in [6.45, 7) is 2.04. The minimum atomic E-state index is -0.285. The van der Waals surface area contributed by atoms with Crippen LogP contribution in [0.3, 0.4) is 0 Å². The van der Waals surface area contributed by atoms with Crippen molar-refractivity contribution in [1.82, 2.24) is 16.0 Å². The van der Waals surface area contributed by atoms with Gasteiger partial charge in [-0.15, -0.1) is 0 Å². The minimum Gasteiger partial charge on any atom is -0.351 e. The summed E-state index contributed by atoms with van der Waals surface area (Å²) in [4.78, 5) is 22.7. The van der Waals surface area contributed by atoms with Crippen LogP contribution in [-0.2, 0) is 9.59 Å². The molecule has 2 amide bonds. The molecule has 3 N–H and O–H groups in total. The summed E-state index contributed by atoms with van der Waals surface area (Å²) in [5.41, 5.74) is 0. The highest BCUT2D eigenvalue weighted by molar-refractivity contribution is 5.91. The number of rotatable bonds is 2. The molecule has 3 rings (SSSR count). The van der Waals surface area contributed by atoms with Gasteiger partial charge in [0.1, 0.15) is 6.04 Å². The largest absolute Gasteiger partial charge is 0.351 e. The third-order valence-corrected chi connectivity index (χ3v) is 3.71. The normalized spacial score (nSPS) is 42.3. The van der Waals surface area contributed by atoms with Gasteiger partial charge in [-0.25, -0.2) is 0 Å². The molecule has 2 heterocycles. The molecule has 0 radical (unpaired) electrons. The van der Waals surface area contributed by atoms with E-state index in [0.717, 1.165) is 13.1 Å². The first-order valence-corrected chi connectivity index (χ1v) is 5.56. The average molecular weight is 209 g/mol. The average Bonchev–Trinajstić information content (AvgIpc) is 2.66. The molecule has 0 spiro atoms. The fourth-order valence-electron chi connectivity index (χ4n) is 2.71.